The van der Waals surface area contributed by atoms with E-state index in [1.54, 1.807) is 13.3 Å². The summed E-state index contributed by atoms with van der Waals surface area (Å²) >= 11 is 0. The van der Waals surface area contributed by atoms with E-state index < -0.39 is 0 Å². The normalized spacial score (nSPS) is 11.2. The van der Waals surface area contributed by atoms with Crippen LogP contribution in [0.4, 0.5) is 0 Å². The molecule has 6 heteroatoms. The van der Waals surface area contributed by atoms with Crippen LogP contribution in [0.5, 0.6) is 11.5 Å². The van der Waals surface area contributed by atoms with Crippen LogP contribution in [0.25, 0.3) is 0 Å². The summed E-state index contributed by atoms with van der Waals surface area (Å²) in [6.07, 6.45) is 4.77. The summed E-state index contributed by atoms with van der Waals surface area (Å²) in [4.78, 5) is 0. The Morgan fingerprint density at radius 2 is 2.00 bits per heavy atom. The van der Waals surface area contributed by atoms with E-state index in [1.807, 2.05) is 32.0 Å². The number of rotatable bonds is 5. The maximum atomic E-state index is 5.78. The Morgan fingerprint density at radius 1 is 1.26 bits per heavy atom. The van der Waals surface area contributed by atoms with Crippen LogP contribution in [-0.4, -0.2) is 34.3 Å². The van der Waals surface area contributed by atoms with Gasteiger partial charge in [0.15, 0.2) is 11.5 Å². The molecule has 0 N–H and O–H groups in total. The molecule has 0 bridgehead atoms. The lowest BCUT2D eigenvalue weighted by Gasteiger charge is -2.15. The highest BCUT2D eigenvalue weighted by molar-refractivity contribution is 5.85. The lowest BCUT2D eigenvalue weighted by atomic mass is 10.2. The Kier molecular flexibility index (Phi) is 4.12. The zero-order valence-electron chi connectivity index (χ0n) is 11.1. The summed E-state index contributed by atoms with van der Waals surface area (Å²) < 4.78 is 12.6. The fourth-order valence-corrected chi connectivity index (χ4v) is 1.54. The predicted octanol–water partition coefficient (Wildman–Crippen LogP) is 1.96. The van der Waals surface area contributed by atoms with Crippen molar-refractivity contribution in [3.63, 3.8) is 0 Å². The molecule has 0 radical (unpaired) electrons. The van der Waals surface area contributed by atoms with E-state index in [0.717, 1.165) is 5.56 Å². The van der Waals surface area contributed by atoms with Crippen molar-refractivity contribution in [3.8, 4) is 11.5 Å². The van der Waals surface area contributed by atoms with E-state index in [4.69, 9.17) is 9.47 Å². The SMILES string of the molecule is COc1cccc(/C=N\n2cnnc2)c1OC(C)C. The number of methoxy groups -OCH3 is 1. The van der Waals surface area contributed by atoms with Crippen molar-refractivity contribution < 1.29 is 9.47 Å². The largest absolute Gasteiger partial charge is 0.493 e. The Bertz CT molecular complexity index is 550. The van der Waals surface area contributed by atoms with Gasteiger partial charge in [-0.2, -0.15) is 5.10 Å². The molecule has 2 aromatic rings. The molecule has 6 nitrogen and oxygen atoms in total. The second kappa shape index (κ2) is 5.99. The molecular weight excluding hydrogens is 244 g/mol. The second-order valence-corrected chi connectivity index (χ2v) is 4.13. The zero-order chi connectivity index (χ0) is 13.7. The van der Waals surface area contributed by atoms with Crippen LogP contribution in [0.15, 0.2) is 36.0 Å². The average Bonchev–Trinajstić information content (AvgIpc) is 2.90. The Balaban J connectivity index is 2.33. The molecule has 100 valence electrons. The summed E-state index contributed by atoms with van der Waals surface area (Å²) in [6.45, 7) is 3.93. The lowest BCUT2D eigenvalue weighted by molar-refractivity contribution is 0.230. The maximum Gasteiger partial charge on any atom is 0.170 e. The fraction of sp³-hybridized carbons (Fsp3) is 0.308. The van der Waals surface area contributed by atoms with Gasteiger partial charge in [-0.15, -0.1) is 10.2 Å². The summed E-state index contributed by atoms with van der Waals surface area (Å²) in [5.74, 6) is 1.36. The molecule has 0 fully saturated rings. The van der Waals surface area contributed by atoms with Gasteiger partial charge in [-0.1, -0.05) is 6.07 Å². The van der Waals surface area contributed by atoms with Gasteiger partial charge in [-0.05, 0) is 26.0 Å². The highest BCUT2D eigenvalue weighted by Crippen LogP contribution is 2.30. The minimum absolute atomic E-state index is 0.0540. The Morgan fingerprint density at radius 3 is 2.63 bits per heavy atom. The molecule has 0 aliphatic rings. The number of ether oxygens (including phenoxy) is 2. The van der Waals surface area contributed by atoms with E-state index in [2.05, 4.69) is 15.3 Å². The van der Waals surface area contributed by atoms with Crippen LogP contribution in [-0.2, 0) is 0 Å². The maximum absolute atomic E-state index is 5.78. The highest BCUT2D eigenvalue weighted by Gasteiger charge is 2.10. The van der Waals surface area contributed by atoms with Crippen molar-refractivity contribution in [3.05, 3.63) is 36.4 Å². The molecule has 0 aliphatic heterocycles. The Hall–Kier alpha value is -2.37. The van der Waals surface area contributed by atoms with Crippen molar-refractivity contribution in [1.82, 2.24) is 14.9 Å². The van der Waals surface area contributed by atoms with E-state index in [-0.39, 0.29) is 6.10 Å². The molecular formula is C13H16N4O2. The number of aromatic nitrogens is 3. The van der Waals surface area contributed by atoms with Crippen molar-refractivity contribution in [2.75, 3.05) is 7.11 Å². The van der Waals surface area contributed by atoms with Crippen molar-refractivity contribution >= 4 is 6.21 Å². The predicted molar refractivity (Wildman–Crippen MR) is 71.8 cm³/mol. The van der Waals surface area contributed by atoms with Gasteiger partial charge in [0, 0.05) is 5.56 Å². The third-order valence-corrected chi connectivity index (χ3v) is 2.32. The zero-order valence-corrected chi connectivity index (χ0v) is 11.1. The topological polar surface area (TPSA) is 61.5 Å². The van der Waals surface area contributed by atoms with Gasteiger partial charge >= 0.3 is 0 Å². The Labute approximate surface area is 111 Å². The minimum Gasteiger partial charge on any atom is -0.493 e. The van der Waals surface area contributed by atoms with Crippen LogP contribution in [0.1, 0.15) is 19.4 Å². The third kappa shape index (κ3) is 3.31. The first kappa shape index (κ1) is 13.1. The molecule has 1 aromatic heterocycles. The molecule has 0 spiro atoms. The summed E-state index contributed by atoms with van der Waals surface area (Å²) in [5.41, 5.74) is 0.835. The quantitative estimate of drug-likeness (QED) is 0.771. The number of para-hydroxylation sites is 1. The first-order chi connectivity index (χ1) is 9.20. The van der Waals surface area contributed by atoms with Gasteiger partial charge in [0.1, 0.15) is 12.7 Å². The van der Waals surface area contributed by atoms with Crippen LogP contribution < -0.4 is 9.47 Å². The molecule has 1 aromatic carbocycles. The first-order valence-electron chi connectivity index (χ1n) is 5.93. The first-order valence-corrected chi connectivity index (χ1v) is 5.93. The summed E-state index contributed by atoms with van der Waals surface area (Å²) in [7, 11) is 1.61. The fourth-order valence-electron chi connectivity index (χ4n) is 1.54. The number of hydrogen-bond donors (Lipinski definition) is 0. The molecule has 0 saturated carbocycles. The van der Waals surface area contributed by atoms with Crippen LogP contribution in [0.2, 0.25) is 0 Å². The average molecular weight is 260 g/mol. The molecule has 1 heterocycles. The monoisotopic (exact) mass is 260 g/mol. The third-order valence-electron chi connectivity index (χ3n) is 2.32. The van der Waals surface area contributed by atoms with E-state index in [0.29, 0.717) is 11.5 Å². The second-order valence-electron chi connectivity index (χ2n) is 4.13. The molecule has 2 rings (SSSR count). The van der Waals surface area contributed by atoms with Crippen molar-refractivity contribution in [2.24, 2.45) is 5.10 Å². The number of hydrogen-bond acceptors (Lipinski definition) is 5. The highest BCUT2D eigenvalue weighted by atomic mass is 16.5. The molecule has 0 atom stereocenters. The van der Waals surface area contributed by atoms with Crippen LogP contribution in [0.3, 0.4) is 0 Å². The molecule has 0 aliphatic carbocycles. The molecule has 19 heavy (non-hydrogen) atoms. The van der Waals surface area contributed by atoms with E-state index in [9.17, 15) is 0 Å². The van der Waals surface area contributed by atoms with Crippen LogP contribution in [0, 0.1) is 0 Å². The molecule has 0 unspecified atom stereocenters. The van der Waals surface area contributed by atoms with Gasteiger partial charge in [-0.3, -0.25) is 0 Å². The summed E-state index contributed by atoms with van der Waals surface area (Å²) in [5, 5.41) is 11.6. The minimum atomic E-state index is 0.0540. The van der Waals surface area contributed by atoms with Gasteiger partial charge in [0.05, 0.1) is 19.4 Å². The smallest absolute Gasteiger partial charge is 0.170 e. The van der Waals surface area contributed by atoms with Gasteiger partial charge in [0.2, 0.25) is 0 Å². The van der Waals surface area contributed by atoms with Crippen LogP contribution >= 0.6 is 0 Å². The van der Waals surface area contributed by atoms with Crippen molar-refractivity contribution in [1.29, 1.82) is 0 Å². The van der Waals surface area contributed by atoms with Crippen molar-refractivity contribution in [2.45, 2.75) is 20.0 Å². The standard InChI is InChI=1S/C13H16N4O2/c1-10(2)19-13-11(5-4-6-12(13)18-3)7-16-17-8-14-15-9-17/h4-10H,1-3H3/b16-7-. The van der Waals surface area contributed by atoms with Gasteiger partial charge in [0.25, 0.3) is 0 Å². The number of nitrogens with zero attached hydrogens (tertiary/aromatic N) is 4. The molecule has 0 saturated heterocycles. The number of benzene rings is 1. The molecule has 0 amide bonds. The summed E-state index contributed by atoms with van der Waals surface area (Å²) in [6, 6.07) is 5.65. The van der Waals surface area contributed by atoms with E-state index in [1.165, 1.54) is 17.3 Å². The lowest BCUT2D eigenvalue weighted by Crippen LogP contribution is -2.08. The van der Waals surface area contributed by atoms with E-state index >= 15 is 0 Å². The van der Waals surface area contributed by atoms with Gasteiger partial charge < -0.3 is 9.47 Å². The van der Waals surface area contributed by atoms with Gasteiger partial charge in [-0.25, -0.2) is 4.68 Å².